The SMILES string of the molecule is NS(=O)(=O)Cc1ccc2c(c1)C(c1ccccc1)Oc1ccc(O)c(OC(F)F)c1-2. The fourth-order valence-electron chi connectivity index (χ4n) is 3.56. The first-order valence-electron chi connectivity index (χ1n) is 8.89. The molecule has 0 aliphatic carbocycles. The van der Waals surface area contributed by atoms with Gasteiger partial charge in [0.05, 0.1) is 11.3 Å². The summed E-state index contributed by atoms with van der Waals surface area (Å²) in [4.78, 5) is 0. The van der Waals surface area contributed by atoms with Crippen molar-refractivity contribution < 1.29 is 31.8 Å². The molecular formula is C21H17F2NO5S. The molecule has 9 heteroatoms. The van der Waals surface area contributed by atoms with E-state index in [4.69, 9.17) is 9.88 Å². The smallest absolute Gasteiger partial charge is 0.387 e. The van der Waals surface area contributed by atoms with Crippen molar-refractivity contribution in [1.29, 1.82) is 0 Å². The summed E-state index contributed by atoms with van der Waals surface area (Å²) in [5.74, 6) is -1.01. The number of aromatic hydroxyl groups is 1. The van der Waals surface area contributed by atoms with Crippen LogP contribution in [-0.4, -0.2) is 20.1 Å². The van der Waals surface area contributed by atoms with Gasteiger partial charge in [0.1, 0.15) is 11.9 Å². The molecule has 0 spiro atoms. The molecule has 3 N–H and O–H groups in total. The molecule has 4 rings (SSSR count). The second-order valence-electron chi connectivity index (χ2n) is 6.80. The monoisotopic (exact) mass is 433 g/mol. The quantitative estimate of drug-likeness (QED) is 0.635. The summed E-state index contributed by atoms with van der Waals surface area (Å²) >= 11 is 0. The second-order valence-corrected chi connectivity index (χ2v) is 8.42. The van der Waals surface area contributed by atoms with Gasteiger partial charge in [-0.2, -0.15) is 8.78 Å². The van der Waals surface area contributed by atoms with Crippen LogP contribution in [0.1, 0.15) is 22.8 Å². The predicted molar refractivity (Wildman–Crippen MR) is 106 cm³/mol. The first-order chi connectivity index (χ1) is 14.2. The first-order valence-corrected chi connectivity index (χ1v) is 10.6. The fraction of sp³-hybridized carbons (Fsp3) is 0.143. The lowest BCUT2D eigenvalue weighted by Crippen LogP contribution is -2.18. The van der Waals surface area contributed by atoms with E-state index >= 15 is 0 Å². The molecule has 0 amide bonds. The van der Waals surface area contributed by atoms with Crippen LogP contribution >= 0.6 is 0 Å². The number of nitrogens with two attached hydrogens (primary N) is 1. The van der Waals surface area contributed by atoms with E-state index in [9.17, 15) is 22.3 Å². The van der Waals surface area contributed by atoms with Gasteiger partial charge in [-0.15, -0.1) is 0 Å². The Morgan fingerprint density at radius 2 is 1.83 bits per heavy atom. The number of halogens is 2. The summed E-state index contributed by atoms with van der Waals surface area (Å²) in [6.07, 6.45) is -0.627. The molecule has 0 saturated carbocycles. The van der Waals surface area contributed by atoms with Crippen molar-refractivity contribution >= 4 is 10.0 Å². The predicted octanol–water partition coefficient (Wildman–Crippen LogP) is 3.93. The Labute approximate surface area is 171 Å². The Morgan fingerprint density at radius 3 is 2.50 bits per heavy atom. The maximum atomic E-state index is 13.0. The molecule has 0 fully saturated rings. The standard InChI is InChI=1S/C21H17F2NO5S/c22-21(23)29-20-16(25)8-9-17-18(20)14-7-6-12(11-30(24,26)27)10-15(14)19(28-17)13-4-2-1-3-5-13/h1-10,19,21,25H,11H2,(H2,24,26,27). The van der Waals surface area contributed by atoms with Gasteiger partial charge in [0.15, 0.2) is 11.5 Å². The van der Waals surface area contributed by atoms with Crippen LogP contribution < -0.4 is 14.6 Å². The minimum absolute atomic E-state index is 0.166. The molecule has 0 aromatic heterocycles. The van der Waals surface area contributed by atoms with Crippen molar-refractivity contribution in [3.63, 3.8) is 0 Å². The Morgan fingerprint density at radius 1 is 1.10 bits per heavy atom. The largest absolute Gasteiger partial charge is 0.504 e. The Kier molecular flexibility index (Phi) is 5.08. The van der Waals surface area contributed by atoms with E-state index in [0.29, 0.717) is 16.7 Å². The Bertz CT molecular complexity index is 1200. The number of hydrogen-bond acceptors (Lipinski definition) is 5. The minimum atomic E-state index is -3.78. The number of fused-ring (bicyclic) bond motifs is 3. The van der Waals surface area contributed by atoms with Crippen LogP contribution in [0.5, 0.6) is 17.2 Å². The number of hydrogen-bond donors (Lipinski definition) is 2. The Hall–Kier alpha value is -3.17. The zero-order valence-corrected chi connectivity index (χ0v) is 16.3. The Balaban J connectivity index is 1.94. The van der Waals surface area contributed by atoms with Crippen LogP contribution in [-0.2, 0) is 15.8 Å². The van der Waals surface area contributed by atoms with E-state index in [2.05, 4.69) is 4.74 Å². The molecule has 1 aliphatic heterocycles. The lowest BCUT2D eigenvalue weighted by Gasteiger charge is -2.31. The molecule has 1 aliphatic rings. The molecule has 3 aromatic rings. The highest BCUT2D eigenvalue weighted by Crippen LogP contribution is 2.52. The average molecular weight is 433 g/mol. The molecule has 1 atom stereocenters. The number of phenolic OH excluding ortho intramolecular Hbond substituents is 1. The molecule has 1 heterocycles. The number of primary sulfonamides is 1. The van der Waals surface area contributed by atoms with Gasteiger partial charge in [0.2, 0.25) is 10.0 Å². The van der Waals surface area contributed by atoms with Crippen molar-refractivity contribution in [2.45, 2.75) is 18.5 Å². The molecule has 1 unspecified atom stereocenters. The van der Waals surface area contributed by atoms with Crippen LogP contribution in [0.2, 0.25) is 0 Å². The molecule has 156 valence electrons. The van der Waals surface area contributed by atoms with E-state index in [-0.39, 0.29) is 11.3 Å². The van der Waals surface area contributed by atoms with E-state index in [1.54, 1.807) is 12.1 Å². The third-order valence-electron chi connectivity index (χ3n) is 4.69. The van der Waals surface area contributed by atoms with E-state index in [0.717, 1.165) is 5.56 Å². The zero-order chi connectivity index (χ0) is 21.5. The molecule has 0 radical (unpaired) electrons. The summed E-state index contributed by atoms with van der Waals surface area (Å²) in [6.45, 7) is -3.15. The zero-order valence-electron chi connectivity index (χ0n) is 15.5. The molecule has 0 bridgehead atoms. The summed E-state index contributed by atoms with van der Waals surface area (Å²) in [6, 6.07) is 16.6. The van der Waals surface area contributed by atoms with Gasteiger partial charge in [-0.05, 0) is 28.8 Å². The van der Waals surface area contributed by atoms with Crippen LogP contribution in [0.25, 0.3) is 11.1 Å². The van der Waals surface area contributed by atoms with Gasteiger partial charge in [0, 0.05) is 5.56 Å². The van der Waals surface area contributed by atoms with Crippen LogP contribution in [0.15, 0.2) is 60.7 Å². The molecule has 30 heavy (non-hydrogen) atoms. The lowest BCUT2D eigenvalue weighted by molar-refractivity contribution is -0.0510. The topological polar surface area (TPSA) is 98.9 Å². The van der Waals surface area contributed by atoms with Crippen molar-refractivity contribution in [1.82, 2.24) is 0 Å². The van der Waals surface area contributed by atoms with Gasteiger partial charge >= 0.3 is 6.61 Å². The number of sulfonamides is 1. The second kappa shape index (κ2) is 7.58. The highest BCUT2D eigenvalue weighted by Gasteiger charge is 2.32. The molecular weight excluding hydrogens is 416 g/mol. The van der Waals surface area contributed by atoms with Crippen LogP contribution in [0.4, 0.5) is 8.78 Å². The third-order valence-corrected chi connectivity index (χ3v) is 5.42. The van der Waals surface area contributed by atoms with E-state index in [1.165, 1.54) is 18.2 Å². The van der Waals surface area contributed by atoms with Gasteiger partial charge in [-0.1, -0.05) is 48.5 Å². The number of benzene rings is 3. The fourth-order valence-corrected chi connectivity index (χ4v) is 4.20. The van der Waals surface area contributed by atoms with Crippen molar-refractivity contribution in [3.8, 4) is 28.4 Å². The van der Waals surface area contributed by atoms with Crippen LogP contribution in [0.3, 0.4) is 0 Å². The summed E-state index contributed by atoms with van der Waals surface area (Å²) < 4.78 is 59.7. The van der Waals surface area contributed by atoms with E-state index < -0.39 is 40.0 Å². The highest BCUT2D eigenvalue weighted by atomic mass is 32.2. The normalized spacial score (nSPS) is 15.3. The number of phenols is 1. The van der Waals surface area contributed by atoms with Crippen LogP contribution in [0, 0.1) is 0 Å². The average Bonchev–Trinajstić information content (AvgIpc) is 2.68. The molecule has 0 saturated heterocycles. The van der Waals surface area contributed by atoms with Crippen molar-refractivity contribution in [2.75, 3.05) is 0 Å². The van der Waals surface area contributed by atoms with E-state index in [1.807, 2.05) is 30.3 Å². The maximum absolute atomic E-state index is 13.0. The first kappa shape index (κ1) is 20.1. The van der Waals surface area contributed by atoms with Gasteiger partial charge in [-0.3, -0.25) is 0 Å². The molecule has 3 aromatic carbocycles. The summed E-state index contributed by atoms with van der Waals surface area (Å²) in [5, 5.41) is 15.3. The third kappa shape index (κ3) is 3.94. The summed E-state index contributed by atoms with van der Waals surface area (Å²) in [7, 11) is -3.78. The highest BCUT2D eigenvalue weighted by molar-refractivity contribution is 7.88. The van der Waals surface area contributed by atoms with Gasteiger partial charge < -0.3 is 14.6 Å². The van der Waals surface area contributed by atoms with Crippen molar-refractivity contribution in [2.24, 2.45) is 5.14 Å². The maximum Gasteiger partial charge on any atom is 0.387 e. The van der Waals surface area contributed by atoms with Gasteiger partial charge in [-0.25, -0.2) is 13.6 Å². The number of ether oxygens (including phenoxy) is 2. The van der Waals surface area contributed by atoms with Gasteiger partial charge in [0.25, 0.3) is 0 Å². The van der Waals surface area contributed by atoms with Crippen molar-refractivity contribution in [3.05, 3.63) is 77.4 Å². The molecule has 6 nitrogen and oxygen atoms in total. The minimum Gasteiger partial charge on any atom is -0.504 e. The number of alkyl halides is 2. The lowest BCUT2D eigenvalue weighted by atomic mass is 9.88. The summed E-state index contributed by atoms with van der Waals surface area (Å²) in [5.41, 5.74) is 2.39. The number of rotatable bonds is 5.